The Morgan fingerprint density at radius 3 is 2.05 bits per heavy atom. The Morgan fingerprint density at radius 1 is 0.952 bits per heavy atom. The van der Waals surface area contributed by atoms with Gasteiger partial charge in [0.1, 0.15) is 0 Å². The van der Waals surface area contributed by atoms with Crippen LogP contribution >= 0.6 is 0 Å². The van der Waals surface area contributed by atoms with Crippen molar-refractivity contribution in [2.24, 2.45) is 0 Å². The van der Waals surface area contributed by atoms with Gasteiger partial charge in [0.15, 0.2) is 0 Å². The first-order valence-electron chi connectivity index (χ1n) is 6.78. The Bertz CT molecular complexity index is 611. The van der Waals surface area contributed by atoms with E-state index in [4.69, 9.17) is 0 Å². The van der Waals surface area contributed by atoms with E-state index >= 15 is 0 Å². The minimum absolute atomic E-state index is 0.216. The lowest BCUT2D eigenvalue weighted by molar-refractivity contribution is -0.137. The minimum Gasteiger partial charge on any atom is -0.341 e. The fourth-order valence-electron chi connectivity index (χ4n) is 2.00. The van der Waals surface area contributed by atoms with E-state index in [9.17, 15) is 9.59 Å². The van der Waals surface area contributed by atoms with Crippen molar-refractivity contribution < 1.29 is 9.59 Å². The Kier molecular flexibility index (Phi) is 4.72. The van der Waals surface area contributed by atoms with Gasteiger partial charge in [-0.2, -0.15) is 0 Å². The molecule has 0 aliphatic heterocycles. The van der Waals surface area contributed by atoms with Gasteiger partial charge in [-0.15, -0.1) is 0 Å². The second-order valence-corrected chi connectivity index (χ2v) is 4.81. The summed E-state index contributed by atoms with van der Waals surface area (Å²) in [6, 6.07) is 18.4. The van der Waals surface area contributed by atoms with Crippen molar-refractivity contribution in [2.45, 2.75) is 13.0 Å². The van der Waals surface area contributed by atoms with Crippen LogP contribution in [0.1, 0.15) is 18.5 Å². The molecule has 1 atom stereocenters. The first-order chi connectivity index (χ1) is 10.1. The van der Waals surface area contributed by atoms with Gasteiger partial charge in [-0.1, -0.05) is 48.5 Å². The monoisotopic (exact) mass is 282 g/mol. The molecule has 0 saturated heterocycles. The summed E-state index contributed by atoms with van der Waals surface area (Å²) in [5, 5.41) is 2.72. The molecule has 0 saturated carbocycles. The smallest absolute Gasteiger partial charge is 0.316 e. The quantitative estimate of drug-likeness (QED) is 0.879. The highest BCUT2D eigenvalue weighted by atomic mass is 16.2. The van der Waals surface area contributed by atoms with Crippen molar-refractivity contribution in [3.63, 3.8) is 0 Å². The van der Waals surface area contributed by atoms with Crippen molar-refractivity contribution in [3.05, 3.63) is 66.2 Å². The van der Waals surface area contributed by atoms with Crippen LogP contribution in [0.25, 0.3) is 0 Å². The molecule has 0 heterocycles. The Labute approximate surface area is 124 Å². The molecule has 1 N–H and O–H groups in total. The van der Waals surface area contributed by atoms with Crippen LogP contribution in [0.4, 0.5) is 5.69 Å². The number of benzene rings is 2. The summed E-state index contributed by atoms with van der Waals surface area (Å²) in [7, 11) is 1.59. The van der Waals surface area contributed by atoms with Gasteiger partial charge in [0.25, 0.3) is 0 Å². The van der Waals surface area contributed by atoms with E-state index in [0.29, 0.717) is 5.69 Å². The fourth-order valence-corrected chi connectivity index (χ4v) is 2.00. The van der Waals surface area contributed by atoms with E-state index in [-0.39, 0.29) is 6.04 Å². The molecule has 2 aromatic carbocycles. The Balaban J connectivity index is 2.02. The predicted octanol–water partition coefficient (Wildman–Crippen LogP) is 2.53. The highest BCUT2D eigenvalue weighted by Gasteiger charge is 2.21. The number of hydrogen-bond donors (Lipinski definition) is 1. The molecule has 0 bridgehead atoms. The van der Waals surface area contributed by atoms with Gasteiger partial charge in [-0.05, 0) is 24.6 Å². The molecule has 1 unspecified atom stereocenters. The zero-order valence-electron chi connectivity index (χ0n) is 12.1. The fraction of sp³-hybridized carbons (Fsp3) is 0.176. The largest absolute Gasteiger partial charge is 0.341 e. The van der Waals surface area contributed by atoms with Crippen LogP contribution in [0, 0.1) is 0 Å². The Hall–Kier alpha value is -2.62. The summed E-state index contributed by atoms with van der Waals surface area (Å²) in [4.78, 5) is 25.5. The lowest BCUT2D eigenvalue weighted by atomic mass is 10.1. The third kappa shape index (κ3) is 3.69. The number of carbonyl (C=O) groups is 2. The summed E-state index contributed by atoms with van der Waals surface area (Å²) in [6.07, 6.45) is 0. The third-order valence-electron chi connectivity index (χ3n) is 3.29. The van der Waals surface area contributed by atoms with E-state index in [1.54, 1.807) is 19.2 Å². The van der Waals surface area contributed by atoms with Gasteiger partial charge < -0.3 is 10.2 Å². The topological polar surface area (TPSA) is 49.4 Å². The number of amides is 2. The molecule has 108 valence electrons. The van der Waals surface area contributed by atoms with Gasteiger partial charge in [-0.3, -0.25) is 9.59 Å². The highest BCUT2D eigenvalue weighted by molar-refractivity contribution is 6.40. The summed E-state index contributed by atoms with van der Waals surface area (Å²) in [6.45, 7) is 1.85. The molecule has 2 amide bonds. The van der Waals surface area contributed by atoms with Crippen molar-refractivity contribution in [1.29, 1.82) is 0 Å². The van der Waals surface area contributed by atoms with Crippen molar-refractivity contribution >= 4 is 17.5 Å². The molecular weight excluding hydrogens is 264 g/mol. The predicted molar refractivity (Wildman–Crippen MR) is 82.9 cm³/mol. The van der Waals surface area contributed by atoms with Crippen molar-refractivity contribution in [2.75, 3.05) is 11.9 Å². The molecule has 0 aliphatic rings. The highest BCUT2D eigenvalue weighted by Crippen LogP contribution is 2.13. The summed E-state index contributed by atoms with van der Waals surface area (Å²) in [5.74, 6) is -1.19. The Morgan fingerprint density at radius 2 is 1.48 bits per heavy atom. The van der Waals surface area contributed by atoms with Crippen LogP contribution in [0.3, 0.4) is 0 Å². The van der Waals surface area contributed by atoms with Crippen LogP contribution in [-0.4, -0.2) is 18.9 Å². The summed E-state index contributed by atoms with van der Waals surface area (Å²) >= 11 is 0. The van der Waals surface area contributed by atoms with Gasteiger partial charge in [-0.25, -0.2) is 0 Å². The molecule has 4 heteroatoms. The zero-order chi connectivity index (χ0) is 15.2. The van der Waals surface area contributed by atoms with E-state index in [1.165, 1.54) is 4.90 Å². The number of rotatable bonds is 3. The number of likely N-dealkylation sites (N-methyl/N-ethyl adjacent to an activating group) is 1. The molecule has 21 heavy (non-hydrogen) atoms. The minimum atomic E-state index is -0.613. The standard InChI is InChI=1S/C17H18N2O2/c1-13(14-9-5-3-6-10-14)18-16(20)17(21)19(2)15-11-7-4-8-12-15/h3-13H,1-2H3,(H,18,20). The molecule has 0 radical (unpaired) electrons. The number of nitrogens with one attached hydrogen (secondary N) is 1. The molecular formula is C17H18N2O2. The molecule has 0 aromatic heterocycles. The molecule has 0 spiro atoms. The maximum absolute atomic E-state index is 12.1. The van der Waals surface area contributed by atoms with Gasteiger partial charge in [0, 0.05) is 12.7 Å². The molecule has 0 aliphatic carbocycles. The SMILES string of the molecule is CC(NC(=O)C(=O)N(C)c1ccccc1)c1ccccc1. The molecule has 2 aromatic rings. The maximum Gasteiger partial charge on any atom is 0.316 e. The normalized spacial score (nSPS) is 11.5. The molecule has 4 nitrogen and oxygen atoms in total. The second kappa shape index (κ2) is 6.70. The third-order valence-corrected chi connectivity index (χ3v) is 3.29. The van der Waals surface area contributed by atoms with Crippen LogP contribution in [0.2, 0.25) is 0 Å². The molecule has 0 fully saturated rings. The van der Waals surface area contributed by atoms with Gasteiger partial charge in [0.05, 0.1) is 6.04 Å². The van der Waals surface area contributed by atoms with E-state index in [0.717, 1.165) is 5.56 Å². The average Bonchev–Trinajstić information content (AvgIpc) is 2.55. The van der Waals surface area contributed by atoms with Crippen LogP contribution in [0.15, 0.2) is 60.7 Å². The number of hydrogen-bond acceptors (Lipinski definition) is 2. The van der Waals surface area contributed by atoms with Crippen LogP contribution in [0.5, 0.6) is 0 Å². The van der Waals surface area contributed by atoms with Crippen molar-refractivity contribution in [1.82, 2.24) is 5.32 Å². The van der Waals surface area contributed by atoms with Crippen LogP contribution < -0.4 is 10.2 Å². The van der Waals surface area contributed by atoms with E-state index < -0.39 is 11.8 Å². The van der Waals surface area contributed by atoms with E-state index in [2.05, 4.69) is 5.32 Å². The number of anilines is 1. The lowest BCUT2D eigenvalue weighted by Crippen LogP contribution is -2.42. The zero-order valence-corrected chi connectivity index (χ0v) is 12.1. The average molecular weight is 282 g/mol. The second-order valence-electron chi connectivity index (χ2n) is 4.81. The van der Waals surface area contributed by atoms with Gasteiger partial charge in [0.2, 0.25) is 0 Å². The summed E-state index contributed by atoms with van der Waals surface area (Å²) in [5.41, 5.74) is 1.64. The maximum atomic E-state index is 12.1. The number of carbonyl (C=O) groups excluding carboxylic acids is 2. The van der Waals surface area contributed by atoms with Gasteiger partial charge >= 0.3 is 11.8 Å². The first-order valence-corrected chi connectivity index (χ1v) is 6.78. The lowest BCUT2D eigenvalue weighted by Gasteiger charge is -2.19. The first kappa shape index (κ1) is 14.8. The molecule has 2 rings (SSSR count). The number of para-hydroxylation sites is 1. The van der Waals surface area contributed by atoms with Crippen LogP contribution in [-0.2, 0) is 9.59 Å². The van der Waals surface area contributed by atoms with Crippen molar-refractivity contribution in [3.8, 4) is 0 Å². The summed E-state index contributed by atoms with van der Waals surface area (Å²) < 4.78 is 0. The van der Waals surface area contributed by atoms with E-state index in [1.807, 2.05) is 55.5 Å². The number of nitrogens with zero attached hydrogens (tertiary/aromatic N) is 1.